The lowest BCUT2D eigenvalue weighted by molar-refractivity contribution is -0.136. The molecule has 118 valence electrons. The summed E-state index contributed by atoms with van der Waals surface area (Å²) in [5.74, 6) is -1.14. The van der Waals surface area contributed by atoms with E-state index in [0.717, 1.165) is 0 Å². The van der Waals surface area contributed by atoms with Crippen LogP contribution in [0.4, 0.5) is 5.95 Å². The summed E-state index contributed by atoms with van der Waals surface area (Å²) >= 11 is 0. The summed E-state index contributed by atoms with van der Waals surface area (Å²) in [6.07, 6.45) is 0. The predicted molar refractivity (Wildman–Crippen MR) is 77.7 cm³/mol. The number of carbonyl (C=O) groups is 2. The van der Waals surface area contributed by atoms with Crippen molar-refractivity contribution in [1.29, 1.82) is 0 Å². The molecular weight excluding hydrogens is 302 g/mol. The first-order valence-corrected chi connectivity index (χ1v) is 6.70. The Kier molecular flexibility index (Phi) is 3.53. The molecule has 0 aliphatic carbocycles. The Labute approximate surface area is 130 Å². The molecule has 2 heterocycles. The summed E-state index contributed by atoms with van der Waals surface area (Å²) < 4.78 is 6.31. The summed E-state index contributed by atoms with van der Waals surface area (Å²) in [7, 11) is 1.29. The molecular formula is C14H13N5O4. The number of aromatic nitrogens is 4. The van der Waals surface area contributed by atoms with Crippen LogP contribution in [0.2, 0.25) is 0 Å². The van der Waals surface area contributed by atoms with Crippen molar-refractivity contribution < 1.29 is 19.4 Å². The second-order valence-corrected chi connectivity index (χ2v) is 4.93. The monoisotopic (exact) mass is 315 g/mol. The van der Waals surface area contributed by atoms with Crippen LogP contribution < -0.4 is 5.32 Å². The number of carboxylic acid groups (broad SMARTS) is 1. The Bertz CT molecular complexity index is 809. The van der Waals surface area contributed by atoms with Gasteiger partial charge < -0.3 is 15.2 Å². The Morgan fingerprint density at radius 3 is 2.61 bits per heavy atom. The van der Waals surface area contributed by atoms with E-state index in [9.17, 15) is 9.59 Å². The summed E-state index contributed by atoms with van der Waals surface area (Å²) in [5.41, 5.74) is 1.76. The molecule has 23 heavy (non-hydrogen) atoms. The zero-order chi connectivity index (χ0) is 16.6. The minimum atomic E-state index is -1.02. The number of aromatic carboxylic acids is 1. The molecule has 0 unspecified atom stereocenters. The van der Waals surface area contributed by atoms with Gasteiger partial charge in [0.15, 0.2) is 0 Å². The highest BCUT2D eigenvalue weighted by atomic mass is 16.5. The van der Waals surface area contributed by atoms with Crippen LogP contribution >= 0.6 is 0 Å². The summed E-state index contributed by atoms with van der Waals surface area (Å²) in [6, 6.07) is 5.58. The molecule has 0 amide bonds. The first kappa shape index (κ1) is 14.7. The molecule has 0 bridgehead atoms. The van der Waals surface area contributed by atoms with Crippen molar-refractivity contribution in [1.82, 2.24) is 20.2 Å². The standard InChI is InChI=1S/C14H13N5O4/c1-7-10(13(22)23-2)11(19-14(15-7)16-17-18-19)8-3-5-9(6-4-8)12(20)21/h3-6,11H,1-2H3,(H,20,21)(H,15,16,18)/t11-/m0/s1. The molecule has 3 rings (SSSR count). The van der Waals surface area contributed by atoms with Gasteiger partial charge in [0.25, 0.3) is 0 Å². The van der Waals surface area contributed by atoms with Crippen LogP contribution in [0.5, 0.6) is 0 Å². The van der Waals surface area contributed by atoms with E-state index >= 15 is 0 Å². The van der Waals surface area contributed by atoms with Crippen molar-refractivity contribution in [3.05, 3.63) is 46.7 Å². The molecule has 0 fully saturated rings. The molecule has 2 N–H and O–H groups in total. The van der Waals surface area contributed by atoms with Gasteiger partial charge in [-0.3, -0.25) is 0 Å². The molecule has 2 aromatic rings. The number of fused-ring (bicyclic) bond motifs is 1. The van der Waals surface area contributed by atoms with Crippen molar-refractivity contribution in [3.63, 3.8) is 0 Å². The van der Waals surface area contributed by atoms with Gasteiger partial charge in [0.2, 0.25) is 5.95 Å². The molecule has 1 aromatic carbocycles. The van der Waals surface area contributed by atoms with E-state index in [1.807, 2.05) is 0 Å². The van der Waals surface area contributed by atoms with Crippen molar-refractivity contribution in [3.8, 4) is 0 Å². The molecule has 0 radical (unpaired) electrons. The number of ether oxygens (including phenoxy) is 1. The van der Waals surface area contributed by atoms with E-state index in [1.165, 1.54) is 23.9 Å². The lowest BCUT2D eigenvalue weighted by Gasteiger charge is -2.27. The Hall–Kier alpha value is -3.23. The third-order valence-electron chi connectivity index (χ3n) is 3.59. The van der Waals surface area contributed by atoms with E-state index in [-0.39, 0.29) is 5.56 Å². The quantitative estimate of drug-likeness (QED) is 0.799. The molecule has 1 atom stereocenters. The first-order valence-electron chi connectivity index (χ1n) is 6.70. The lowest BCUT2D eigenvalue weighted by Crippen LogP contribution is -2.29. The molecule has 9 heteroatoms. The van der Waals surface area contributed by atoms with Crippen LogP contribution in [0.25, 0.3) is 0 Å². The van der Waals surface area contributed by atoms with Crippen LogP contribution in [0.3, 0.4) is 0 Å². The average Bonchev–Trinajstić information content (AvgIpc) is 3.00. The molecule has 1 aliphatic rings. The van der Waals surface area contributed by atoms with Crippen LogP contribution in [0.1, 0.15) is 28.9 Å². The smallest absolute Gasteiger partial charge is 0.338 e. The Morgan fingerprint density at radius 1 is 1.30 bits per heavy atom. The molecule has 9 nitrogen and oxygen atoms in total. The lowest BCUT2D eigenvalue weighted by atomic mass is 9.95. The third kappa shape index (κ3) is 2.41. The maximum absolute atomic E-state index is 12.2. The zero-order valence-electron chi connectivity index (χ0n) is 12.3. The van der Waals surface area contributed by atoms with Crippen LogP contribution in [-0.2, 0) is 9.53 Å². The van der Waals surface area contributed by atoms with E-state index in [1.54, 1.807) is 19.1 Å². The second kappa shape index (κ2) is 5.52. The number of nitrogens with one attached hydrogen (secondary N) is 1. The minimum Gasteiger partial charge on any atom is -0.478 e. The maximum atomic E-state index is 12.2. The number of methoxy groups -OCH3 is 1. The predicted octanol–water partition coefficient (Wildman–Crippen LogP) is 0.833. The minimum absolute atomic E-state index is 0.153. The van der Waals surface area contributed by atoms with Gasteiger partial charge in [-0.1, -0.05) is 17.2 Å². The number of tetrazole rings is 1. The highest BCUT2D eigenvalue weighted by Crippen LogP contribution is 2.34. The van der Waals surface area contributed by atoms with Gasteiger partial charge in [-0.2, -0.15) is 4.68 Å². The fourth-order valence-corrected chi connectivity index (χ4v) is 2.50. The highest BCUT2D eigenvalue weighted by molar-refractivity contribution is 5.92. The summed E-state index contributed by atoms with van der Waals surface area (Å²) in [6.45, 7) is 1.73. The maximum Gasteiger partial charge on any atom is 0.338 e. The number of anilines is 1. The number of hydrogen-bond donors (Lipinski definition) is 2. The summed E-state index contributed by atoms with van der Waals surface area (Å²) in [4.78, 5) is 23.2. The fourth-order valence-electron chi connectivity index (χ4n) is 2.50. The van der Waals surface area contributed by atoms with E-state index in [2.05, 4.69) is 20.8 Å². The number of rotatable bonds is 3. The number of hydrogen-bond acceptors (Lipinski definition) is 7. The second-order valence-electron chi connectivity index (χ2n) is 4.93. The van der Waals surface area contributed by atoms with Crippen molar-refractivity contribution in [2.45, 2.75) is 13.0 Å². The number of carboxylic acids is 1. The number of nitrogens with zero attached hydrogens (tertiary/aromatic N) is 4. The van der Waals surface area contributed by atoms with Gasteiger partial charge >= 0.3 is 11.9 Å². The van der Waals surface area contributed by atoms with Crippen molar-refractivity contribution in [2.24, 2.45) is 0 Å². The van der Waals surface area contributed by atoms with Crippen LogP contribution in [0.15, 0.2) is 35.5 Å². The van der Waals surface area contributed by atoms with Gasteiger partial charge in [0, 0.05) is 5.70 Å². The number of esters is 1. The van der Waals surface area contributed by atoms with E-state index < -0.39 is 18.0 Å². The van der Waals surface area contributed by atoms with Gasteiger partial charge in [-0.05, 0) is 35.0 Å². The Morgan fingerprint density at radius 2 is 2.00 bits per heavy atom. The van der Waals surface area contributed by atoms with Gasteiger partial charge in [-0.15, -0.1) is 0 Å². The third-order valence-corrected chi connectivity index (χ3v) is 3.59. The number of carbonyl (C=O) groups excluding carboxylic acids is 1. The molecule has 0 saturated heterocycles. The fraction of sp³-hybridized carbons (Fsp3) is 0.214. The Balaban J connectivity index is 2.13. The molecule has 0 spiro atoms. The molecule has 1 aromatic heterocycles. The summed E-state index contributed by atoms with van der Waals surface area (Å²) in [5, 5.41) is 23.3. The van der Waals surface area contributed by atoms with Gasteiger partial charge in [0.05, 0.1) is 18.2 Å². The van der Waals surface area contributed by atoms with Crippen LogP contribution in [0, 0.1) is 0 Å². The van der Waals surface area contributed by atoms with E-state index in [0.29, 0.717) is 22.8 Å². The zero-order valence-corrected chi connectivity index (χ0v) is 12.3. The number of benzene rings is 1. The molecule has 0 saturated carbocycles. The largest absolute Gasteiger partial charge is 0.478 e. The SMILES string of the molecule is COC(=O)C1=C(C)Nc2nnnn2[C@H]1c1ccc(C(=O)O)cc1. The van der Waals surface area contributed by atoms with Crippen molar-refractivity contribution >= 4 is 17.9 Å². The highest BCUT2D eigenvalue weighted by Gasteiger charge is 2.34. The topological polar surface area (TPSA) is 119 Å². The van der Waals surface area contributed by atoms with Gasteiger partial charge in [0.1, 0.15) is 6.04 Å². The van der Waals surface area contributed by atoms with E-state index in [4.69, 9.17) is 9.84 Å². The normalized spacial score (nSPS) is 16.5. The van der Waals surface area contributed by atoms with Gasteiger partial charge in [-0.25, -0.2) is 9.59 Å². The van der Waals surface area contributed by atoms with Crippen LogP contribution in [-0.4, -0.2) is 44.4 Å². The molecule has 1 aliphatic heterocycles. The number of allylic oxidation sites excluding steroid dienone is 1. The average molecular weight is 315 g/mol. The first-order chi connectivity index (χ1) is 11.0. The van der Waals surface area contributed by atoms with Crippen molar-refractivity contribution in [2.75, 3.05) is 12.4 Å².